The molecule has 0 amide bonds. The van der Waals surface area contributed by atoms with Crippen molar-refractivity contribution in [1.82, 2.24) is 10.2 Å². The average molecular weight is 277 g/mol. The maximum atomic E-state index is 9.69. The fraction of sp³-hybridized carbons (Fsp3) is 0.941. The monoisotopic (exact) mass is 277 g/mol. The van der Waals surface area contributed by atoms with Crippen LogP contribution in [0.25, 0.3) is 0 Å². The first-order valence-electron chi connectivity index (χ1n) is 8.57. The van der Waals surface area contributed by atoms with Crippen LogP contribution in [0.2, 0.25) is 0 Å². The van der Waals surface area contributed by atoms with Gasteiger partial charge in [0.15, 0.2) is 0 Å². The summed E-state index contributed by atoms with van der Waals surface area (Å²) in [5.74, 6) is 0.540. The summed E-state index contributed by atoms with van der Waals surface area (Å²) in [4.78, 5) is 2.63. The standard InChI is InChI=1S/C17H31N3/c1-15(2)19-17(14-18)10-7-8-16(17)9-13-20-11-5-3-4-6-12-20/h15-16,19H,3-13H2,1-2H3. The molecule has 0 bridgehead atoms. The van der Waals surface area contributed by atoms with Crippen LogP contribution < -0.4 is 5.32 Å². The van der Waals surface area contributed by atoms with Gasteiger partial charge in [-0.15, -0.1) is 0 Å². The largest absolute Gasteiger partial charge is 0.303 e. The fourth-order valence-corrected chi connectivity index (χ4v) is 4.05. The normalized spacial score (nSPS) is 32.2. The molecule has 1 N–H and O–H groups in total. The summed E-state index contributed by atoms with van der Waals surface area (Å²) in [5.41, 5.74) is -0.250. The van der Waals surface area contributed by atoms with E-state index >= 15 is 0 Å². The lowest BCUT2D eigenvalue weighted by Gasteiger charge is -2.33. The molecule has 2 rings (SSSR count). The molecule has 0 spiro atoms. The molecular formula is C17H31N3. The predicted octanol–water partition coefficient (Wildman–Crippen LogP) is 3.31. The molecule has 2 aliphatic rings. The maximum Gasteiger partial charge on any atom is 0.109 e. The van der Waals surface area contributed by atoms with Gasteiger partial charge in [-0.3, -0.25) is 5.32 Å². The number of nitrogens with zero attached hydrogens (tertiary/aromatic N) is 2. The third-order valence-electron chi connectivity index (χ3n) is 5.06. The van der Waals surface area contributed by atoms with Crippen LogP contribution in [0.5, 0.6) is 0 Å². The van der Waals surface area contributed by atoms with E-state index in [0.29, 0.717) is 12.0 Å². The van der Waals surface area contributed by atoms with Crippen molar-refractivity contribution in [3.8, 4) is 6.07 Å². The van der Waals surface area contributed by atoms with E-state index in [4.69, 9.17) is 0 Å². The van der Waals surface area contributed by atoms with Crippen LogP contribution in [-0.2, 0) is 0 Å². The molecule has 0 aromatic carbocycles. The minimum atomic E-state index is -0.250. The highest BCUT2D eigenvalue weighted by Gasteiger charge is 2.43. The Labute approximate surface area is 124 Å². The van der Waals surface area contributed by atoms with Crippen LogP contribution in [-0.4, -0.2) is 36.1 Å². The van der Waals surface area contributed by atoms with E-state index in [0.717, 1.165) is 6.42 Å². The second-order valence-electron chi connectivity index (χ2n) is 7.02. The Morgan fingerprint density at radius 1 is 1.20 bits per heavy atom. The first kappa shape index (κ1) is 15.8. The lowest BCUT2D eigenvalue weighted by Crippen LogP contribution is -2.50. The van der Waals surface area contributed by atoms with Gasteiger partial charge in [0.25, 0.3) is 0 Å². The Hall–Kier alpha value is -0.590. The van der Waals surface area contributed by atoms with Crippen LogP contribution in [0.1, 0.15) is 65.2 Å². The Kier molecular flexibility index (Phi) is 5.86. The summed E-state index contributed by atoms with van der Waals surface area (Å²) in [6, 6.07) is 3.03. The summed E-state index contributed by atoms with van der Waals surface area (Å²) in [6.45, 7) is 8.04. The van der Waals surface area contributed by atoms with Crippen LogP contribution in [0.3, 0.4) is 0 Å². The lowest BCUT2D eigenvalue weighted by atomic mass is 9.85. The number of nitrogens with one attached hydrogen (secondary N) is 1. The quantitative estimate of drug-likeness (QED) is 0.838. The van der Waals surface area contributed by atoms with Crippen molar-refractivity contribution in [3.05, 3.63) is 0 Å². The minimum Gasteiger partial charge on any atom is -0.303 e. The average Bonchev–Trinajstić information content (AvgIpc) is 2.63. The Balaban J connectivity index is 1.88. The topological polar surface area (TPSA) is 39.1 Å². The Bertz CT molecular complexity index is 326. The smallest absolute Gasteiger partial charge is 0.109 e. The molecule has 0 aromatic rings. The van der Waals surface area contributed by atoms with Gasteiger partial charge in [-0.05, 0) is 71.5 Å². The van der Waals surface area contributed by atoms with Gasteiger partial charge < -0.3 is 4.90 Å². The molecule has 2 atom stereocenters. The Morgan fingerprint density at radius 2 is 1.90 bits per heavy atom. The molecule has 0 radical (unpaired) electrons. The van der Waals surface area contributed by atoms with Gasteiger partial charge in [0.2, 0.25) is 0 Å². The van der Waals surface area contributed by atoms with Crippen molar-refractivity contribution in [3.63, 3.8) is 0 Å². The second-order valence-corrected chi connectivity index (χ2v) is 7.02. The van der Waals surface area contributed by atoms with Crippen molar-refractivity contribution in [2.75, 3.05) is 19.6 Å². The first-order valence-corrected chi connectivity index (χ1v) is 8.57. The fourth-order valence-electron chi connectivity index (χ4n) is 4.05. The summed E-state index contributed by atoms with van der Waals surface area (Å²) in [5, 5.41) is 13.3. The highest BCUT2D eigenvalue weighted by Crippen LogP contribution is 2.38. The number of hydrogen-bond donors (Lipinski definition) is 1. The van der Waals surface area contributed by atoms with Crippen molar-refractivity contribution in [2.45, 2.75) is 76.8 Å². The van der Waals surface area contributed by atoms with Crippen molar-refractivity contribution >= 4 is 0 Å². The molecule has 114 valence electrons. The van der Waals surface area contributed by atoms with Gasteiger partial charge in [0.05, 0.1) is 6.07 Å². The van der Waals surface area contributed by atoms with Gasteiger partial charge in [-0.25, -0.2) is 0 Å². The van der Waals surface area contributed by atoms with Gasteiger partial charge >= 0.3 is 0 Å². The number of likely N-dealkylation sites (tertiary alicyclic amines) is 1. The third-order valence-corrected chi connectivity index (χ3v) is 5.06. The van der Waals surface area contributed by atoms with Crippen molar-refractivity contribution in [1.29, 1.82) is 5.26 Å². The van der Waals surface area contributed by atoms with Crippen molar-refractivity contribution in [2.24, 2.45) is 5.92 Å². The van der Waals surface area contributed by atoms with Gasteiger partial charge in [-0.1, -0.05) is 19.3 Å². The number of nitriles is 1. The van der Waals surface area contributed by atoms with E-state index < -0.39 is 0 Å². The van der Waals surface area contributed by atoms with E-state index in [1.165, 1.54) is 64.6 Å². The molecule has 3 heteroatoms. The molecule has 3 nitrogen and oxygen atoms in total. The summed E-state index contributed by atoms with van der Waals surface area (Å²) in [6.07, 6.45) is 10.2. The van der Waals surface area contributed by atoms with E-state index in [2.05, 4.69) is 30.1 Å². The van der Waals surface area contributed by atoms with Crippen molar-refractivity contribution < 1.29 is 0 Å². The molecular weight excluding hydrogens is 246 g/mol. The van der Waals surface area contributed by atoms with Crippen LogP contribution in [0.4, 0.5) is 0 Å². The summed E-state index contributed by atoms with van der Waals surface area (Å²) in [7, 11) is 0. The molecule has 1 aliphatic heterocycles. The first-order chi connectivity index (χ1) is 9.66. The molecule has 1 heterocycles. The highest BCUT2D eigenvalue weighted by atomic mass is 15.1. The summed E-state index contributed by atoms with van der Waals surface area (Å²) < 4.78 is 0. The summed E-state index contributed by atoms with van der Waals surface area (Å²) >= 11 is 0. The zero-order valence-electron chi connectivity index (χ0n) is 13.3. The molecule has 1 saturated heterocycles. The molecule has 20 heavy (non-hydrogen) atoms. The third kappa shape index (κ3) is 3.96. The lowest BCUT2D eigenvalue weighted by molar-refractivity contribution is 0.221. The predicted molar refractivity (Wildman–Crippen MR) is 83.5 cm³/mol. The molecule has 1 aliphatic carbocycles. The van der Waals surface area contributed by atoms with E-state index in [9.17, 15) is 5.26 Å². The van der Waals surface area contributed by atoms with Gasteiger partial charge in [0, 0.05) is 6.04 Å². The number of hydrogen-bond acceptors (Lipinski definition) is 3. The maximum absolute atomic E-state index is 9.69. The second kappa shape index (κ2) is 7.43. The van der Waals surface area contributed by atoms with Crippen LogP contribution >= 0.6 is 0 Å². The van der Waals surface area contributed by atoms with E-state index in [-0.39, 0.29) is 5.54 Å². The van der Waals surface area contributed by atoms with E-state index in [1.54, 1.807) is 0 Å². The molecule has 0 aromatic heterocycles. The number of rotatable bonds is 5. The van der Waals surface area contributed by atoms with Crippen LogP contribution in [0, 0.1) is 17.2 Å². The molecule has 2 fully saturated rings. The van der Waals surface area contributed by atoms with Crippen LogP contribution in [0.15, 0.2) is 0 Å². The SMILES string of the molecule is CC(C)NC1(C#N)CCCC1CCN1CCCCCC1. The zero-order valence-corrected chi connectivity index (χ0v) is 13.3. The van der Waals surface area contributed by atoms with Gasteiger partial charge in [-0.2, -0.15) is 5.26 Å². The molecule has 2 unspecified atom stereocenters. The zero-order chi connectivity index (χ0) is 14.4. The minimum absolute atomic E-state index is 0.250. The Morgan fingerprint density at radius 3 is 2.50 bits per heavy atom. The van der Waals surface area contributed by atoms with Gasteiger partial charge in [0.1, 0.15) is 5.54 Å². The highest BCUT2D eigenvalue weighted by molar-refractivity contribution is 5.14. The van der Waals surface area contributed by atoms with E-state index in [1.807, 2.05) is 0 Å². The molecule has 1 saturated carbocycles.